The van der Waals surface area contributed by atoms with Crippen LogP contribution in [0.15, 0.2) is 72.8 Å². The number of esters is 1. The first-order valence-electron chi connectivity index (χ1n) is 27.8. The van der Waals surface area contributed by atoms with Gasteiger partial charge in [0.2, 0.25) is 47.5 Å². The molecule has 16 atom stereocenters. The second kappa shape index (κ2) is 27.3. The first-order chi connectivity index (χ1) is 37.8. The molecule has 6 N–H and O–H groups in total. The van der Waals surface area contributed by atoms with Gasteiger partial charge < -0.3 is 46.3 Å². The van der Waals surface area contributed by atoms with Crippen LogP contribution in [-0.4, -0.2) is 144 Å². The molecule has 2 aliphatic carbocycles. The molecule has 2 aliphatic heterocycles. The molecule has 436 valence electrons. The largest absolute Gasteiger partial charge is 0.458 e. The number of rotatable bonds is 19. The molecular formula is C56H79N9O14Si. The molecule has 80 heavy (non-hydrogen) atoms. The third-order valence-corrected chi connectivity index (χ3v) is 17.7. The molecule has 0 unspecified atom stereocenters. The number of fused-ring (bicyclic) bond motifs is 1. The average molecular weight is 1130 g/mol. The van der Waals surface area contributed by atoms with Gasteiger partial charge in [-0.05, 0) is 62.1 Å². The van der Waals surface area contributed by atoms with E-state index >= 15 is 14.4 Å². The summed E-state index contributed by atoms with van der Waals surface area (Å²) in [4.78, 5) is 142. The second-order valence-corrected chi connectivity index (χ2v) is 28.9. The zero-order valence-corrected chi connectivity index (χ0v) is 48.1. The van der Waals surface area contributed by atoms with Crippen LogP contribution in [0.3, 0.4) is 0 Å². The van der Waals surface area contributed by atoms with Crippen LogP contribution in [0, 0.1) is 43.9 Å². The molecule has 0 aromatic heterocycles. The molecule has 2 heterocycles. The molecule has 4 aliphatic rings. The van der Waals surface area contributed by atoms with Crippen molar-refractivity contribution < 1.29 is 57.7 Å². The van der Waals surface area contributed by atoms with Gasteiger partial charge in [0.25, 0.3) is 0 Å². The fraction of sp³-hybridized carbons (Fsp3) is 0.607. The maximum absolute atomic E-state index is 15.2. The van der Waals surface area contributed by atoms with E-state index < -0.39 is 155 Å². The first-order valence-corrected chi connectivity index (χ1v) is 31.5. The molecule has 0 bridgehead atoms. The SMILES string of the molecule is C/C=C\[C@H]1C[C@H]2C(=O)O[C@H](C)[C@@H](NC(=O)[C@H](C[C@@H]3C[C@H]3[N+](=O)[O-])NC(=O)OCC[Si](C)(C)C)C(=O)N[C@@H]([C@@H](C)c3ccccc3)C(=O)N[C@H](C[C@@H]3C[C@H]3[N+](=O)[O-])C(=O)N[C@@H]([C@H](C)c3ccccc3)C(=O)N[C@@H]([C@@H](C)CC)C(=O)N2C1. The van der Waals surface area contributed by atoms with Crippen molar-refractivity contribution in [1.29, 1.82) is 0 Å². The molecule has 23 nitrogen and oxygen atoms in total. The summed E-state index contributed by atoms with van der Waals surface area (Å²) in [6.45, 7) is 16.3. The fourth-order valence-corrected chi connectivity index (χ4v) is 11.2. The number of allylic oxidation sites excluding steroid dienone is 1. The molecule has 2 saturated heterocycles. The predicted octanol–water partition coefficient (Wildman–Crippen LogP) is 4.35. The van der Waals surface area contributed by atoms with Gasteiger partial charge in [0.05, 0.1) is 6.61 Å². The Morgan fingerprint density at radius 3 is 1.85 bits per heavy atom. The lowest BCUT2D eigenvalue weighted by Crippen LogP contribution is -2.62. The van der Waals surface area contributed by atoms with E-state index in [4.69, 9.17) is 9.47 Å². The van der Waals surface area contributed by atoms with Crippen LogP contribution in [-0.2, 0) is 43.0 Å². The number of carbonyl (C=O) groups is 8. The van der Waals surface area contributed by atoms with E-state index in [0.717, 1.165) is 0 Å². The van der Waals surface area contributed by atoms with Crippen LogP contribution in [0.1, 0.15) is 103 Å². The van der Waals surface area contributed by atoms with Crippen LogP contribution >= 0.6 is 0 Å². The molecule has 6 rings (SSSR count). The molecule has 0 spiro atoms. The van der Waals surface area contributed by atoms with Crippen molar-refractivity contribution in [2.24, 2.45) is 23.7 Å². The van der Waals surface area contributed by atoms with E-state index in [1.54, 1.807) is 94.4 Å². The summed E-state index contributed by atoms with van der Waals surface area (Å²) >= 11 is 0. The summed E-state index contributed by atoms with van der Waals surface area (Å²) in [6, 6.07) is 5.51. The van der Waals surface area contributed by atoms with Crippen molar-refractivity contribution >= 4 is 55.6 Å². The highest BCUT2D eigenvalue weighted by Gasteiger charge is 2.52. The number of nitro groups is 2. The Morgan fingerprint density at radius 1 is 0.787 bits per heavy atom. The van der Waals surface area contributed by atoms with Crippen LogP contribution in [0.25, 0.3) is 0 Å². The highest BCUT2D eigenvalue weighted by atomic mass is 28.3. The van der Waals surface area contributed by atoms with Crippen LogP contribution < -0.4 is 31.9 Å². The number of nitrogens with one attached hydrogen (secondary N) is 6. The number of carbonyl (C=O) groups excluding carboxylic acids is 8. The van der Waals surface area contributed by atoms with E-state index in [2.05, 4.69) is 51.5 Å². The highest BCUT2D eigenvalue weighted by molar-refractivity contribution is 6.76. The second-order valence-electron chi connectivity index (χ2n) is 23.3. The van der Waals surface area contributed by atoms with Gasteiger partial charge in [0, 0.05) is 61.0 Å². The maximum Gasteiger partial charge on any atom is 0.407 e. The Balaban J connectivity index is 1.46. The third kappa shape index (κ3) is 16.4. The molecule has 24 heteroatoms. The molecule has 0 radical (unpaired) electrons. The summed E-state index contributed by atoms with van der Waals surface area (Å²) in [6.07, 6.45) is 1.21. The number of nitrogens with zero attached hydrogens (tertiary/aromatic N) is 3. The lowest BCUT2D eigenvalue weighted by Gasteiger charge is -2.34. The van der Waals surface area contributed by atoms with Gasteiger partial charge in [-0.2, -0.15) is 0 Å². The monoisotopic (exact) mass is 1130 g/mol. The number of hydrogen-bond donors (Lipinski definition) is 6. The van der Waals surface area contributed by atoms with E-state index in [1.807, 2.05) is 13.0 Å². The van der Waals surface area contributed by atoms with Gasteiger partial charge in [-0.15, -0.1) is 0 Å². The summed E-state index contributed by atoms with van der Waals surface area (Å²) in [5.41, 5.74) is 1.17. The van der Waals surface area contributed by atoms with Crippen LogP contribution in [0.5, 0.6) is 0 Å². The number of alkyl carbamates (subject to hydrolysis) is 1. The molecule has 2 saturated carbocycles. The maximum atomic E-state index is 15.2. The van der Waals surface area contributed by atoms with E-state index in [0.29, 0.717) is 23.6 Å². The van der Waals surface area contributed by atoms with E-state index in [-0.39, 0.29) is 51.2 Å². The van der Waals surface area contributed by atoms with E-state index in [9.17, 15) is 44.2 Å². The third-order valence-electron chi connectivity index (χ3n) is 16.0. The van der Waals surface area contributed by atoms with Crippen LogP contribution in [0.2, 0.25) is 25.7 Å². The molecule has 2 aromatic carbocycles. The smallest absolute Gasteiger partial charge is 0.407 e. The van der Waals surface area contributed by atoms with Gasteiger partial charge >= 0.3 is 12.1 Å². The minimum atomic E-state index is -1.86. The molecule has 2 aromatic rings. The summed E-state index contributed by atoms with van der Waals surface area (Å²) in [7, 11) is -1.69. The normalized spacial score (nSPS) is 29.3. The number of amides is 7. The van der Waals surface area contributed by atoms with Gasteiger partial charge in [-0.25, -0.2) is 9.59 Å². The topological polar surface area (TPSA) is 317 Å². The molecule has 4 fully saturated rings. The van der Waals surface area contributed by atoms with Crippen molar-refractivity contribution in [3.05, 3.63) is 104 Å². The minimum absolute atomic E-state index is 0.0237. The summed E-state index contributed by atoms with van der Waals surface area (Å²) in [5, 5.41) is 40.1. The van der Waals surface area contributed by atoms with Crippen LogP contribution in [0.4, 0.5) is 4.79 Å². The molecular weight excluding hydrogens is 1050 g/mol. The highest BCUT2D eigenvalue weighted by Crippen LogP contribution is 2.38. The van der Waals surface area contributed by atoms with Crippen molar-refractivity contribution in [2.75, 3.05) is 13.2 Å². The Bertz CT molecular complexity index is 2620. The first kappa shape index (κ1) is 62.0. The lowest BCUT2D eigenvalue weighted by atomic mass is 9.90. The Morgan fingerprint density at radius 2 is 1.32 bits per heavy atom. The van der Waals surface area contributed by atoms with E-state index in [1.165, 1.54) is 11.8 Å². The standard InChI is InChI=1S/C56H79N9O14Si/c1-10-18-35-25-44-55(72)79-34(6)48(62-50(67)41(27-39-29-43(39)65(76)77)58-56(73)78-23-24-80(7,8)9)53(70)61-46(32(4)36-19-14-12-15-20-36)51(68)57-40(26-38-28-42(38)64(74)75)49(66)60-47(33(5)37-21-16-13-17-22-37)52(69)59-45(31(3)11-2)54(71)63(44)30-35/h10,12-22,31-35,38-48H,11,23-30H2,1-9H3,(H,57,68)(H,58,73)(H,59,69)(H,60,66)(H,61,70)(H,62,67)/b18-10-/t31-,32-,33+,34+,35-,38+,39+,40+,41-,42+,43+,44-,45-,46-,47-,48+/m0/s1. The summed E-state index contributed by atoms with van der Waals surface area (Å²) in [5.74, 6) is -10.1. The van der Waals surface area contributed by atoms with Gasteiger partial charge in [0.15, 0.2) is 0 Å². The number of ether oxygens (including phenoxy) is 2. The molecule has 7 amide bonds. The van der Waals surface area contributed by atoms with Crippen molar-refractivity contribution in [1.82, 2.24) is 36.8 Å². The Hall–Kier alpha value is -7.24. The number of hydrogen-bond acceptors (Lipinski definition) is 14. The van der Waals surface area contributed by atoms with Gasteiger partial charge in [-0.1, -0.05) is 127 Å². The fourth-order valence-electron chi connectivity index (χ4n) is 10.5. The van der Waals surface area contributed by atoms with Crippen molar-refractivity contribution in [2.45, 2.75) is 178 Å². The zero-order chi connectivity index (χ0) is 58.7. The Kier molecular flexibility index (Phi) is 21.1. The van der Waals surface area contributed by atoms with Gasteiger partial charge in [-0.3, -0.25) is 49.0 Å². The average Bonchev–Trinajstić information content (AvgIpc) is 4.34. The quantitative estimate of drug-likeness (QED) is 0.0375. The minimum Gasteiger partial charge on any atom is -0.458 e. The summed E-state index contributed by atoms with van der Waals surface area (Å²) < 4.78 is 11.5. The van der Waals surface area contributed by atoms with Crippen molar-refractivity contribution in [3.63, 3.8) is 0 Å². The lowest BCUT2D eigenvalue weighted by molar-refractivity contribution is -0.498. The predicted molar refractivity (Wildman–Crippen MR) is 296 cm³/mol. The number of benzene rings is 2. The Labute approximate surface area is 467 Å². The number of cyclic esters (lactones) is 1. The van der Waals surface area contributed by atoms with Crippen molar-refractivity contribution in [3.8, 4) is 0 Å². The zero-order valence-electron chi connectivity index (χ0n) is 47.1. The van der Waals surface area contributed by atoms with Gasteiger partial charge in [0.1, 0.15) is 48.4 Å².